The highest BCUT2D eigenvalue weighted by Gasteiger charge is 2.18. The molecule has 0 radical (unpaired) electrons. The lowest BCUT2D eigenvalue weighted by Gasteiger charge is -2.16. The second-order valence-corrected chi connectivity index (χ2v) is 6.91. The van der Waals surface area contributed by atoms with Gasteiger partial charge in [0.15, 0.2) is 0 Å². The molecule has 3 aromatic heterocycles. The molecule has 0 aliphatic heterocycles. The molecule has 0 fully saturated rings. The molecule has 0 bridgehead atoms. The van der Waals surface area contributed by atoms with E-state index in [4.69, 9.17) is 5.84 Å². The zero-order valence-corrected chi connectivity index (χ0v) is 12.7. The minimum absolute atomic E-state index is 0.0341. The van der Waals surface area contributed by atoms with Gasteiger partial charge in [-0.25, -0.2) is 5.43 Å². The average Bonchev–Trinajstić information content (AvgIpc) is 3.10. The fourth-order valence-electron chi connectivity index (χ4n) is 2.62. The molecule has 1 unspecified atom stereocenters. The summed E-state index contributed by atoms with van der Waals surface area (Å²) in [5.74, 6) is 5.85. The van der Waals surface area contributed by atoms with Gasteiger partial charge in [0.1, 0.15) is 0 Å². The van der Waals surface area contributed by atoms with Crippen molar-refractivity contribution in [2.75, 3.05) is 0 Å². The third kappa shape index (κ3) is 2.15. The second-order valence-electron chi connectivity index (χ2n) is 4.85. The van der Waals surface area contributed by atoms with Gasteiger partial charge in [0, 0.05) is 37.6 Å². The summed E-state index contributed by atoms with van der Waals surface area (Å²) < 4.78 is 2.62. The molecule has 1 aromatic carbocycles. The van der Waals surface area contributed by atoms with Crippen LogP contribution in [0.1, 0.15) is 16.5 Å². The molecule has 4 rings (SSSR count). The number of thiophene rings is 2. The van der Waals surface area contributed by atoms with Gasteiger partial charge in [-0.15, -0.1) is 22.7 Å². The summed E-state index contributed by atoms with van der Waals surface area (Å²) in [5.41, 5.74) is 4.07. The molecule has 5 heteroatoms. The van der Waals surface area contributed by atoms with Gasteiger partial charge in [0.05, 0.1) is 6.04 Å². The van der Waals surface area contributed by atoms with Crippen LogP contribution < -0.4 is 11.3 Å². The molecule has 4 aromatic rings. The number of nitrogens with one attached hydrogen (secondary N) is 1. The summed E-state index contributed by atoms with van der Waals surface area (Å²) in [7, 11) is 0. The number of hydrogen-bond acceptors (Lipinski definition) is 5. The molecule has 0 aliphatic rings. The number of rotatable bonds is 3. The molecular formula is C16H13N3S2. The Balaban J connectivity index is 1.90. The van der Waals surface area contributed by atoms with E-state index in [0.29, 0.717) is 0 Å². The van der Waals surface area contributed by atoms with Crippen molar-refractivity contribution in [2.45, 2.75) is 6.04 Å². The standard InChI is InChI=1S/C16H13N3S2/c17-19-16(15-7-14-13(21-15)5-6-20-14)12-9-18-8-10-3-1-2-4-11(10)12/h1-9,16,19H,17H2. The maximum absolute atomic E-state index is 5.85. The largest absolute Gasteiger partial charge is 0.271 e. The summed E-state index contributed by atoms with van der Waals surface area (Å²) in [4.78, 5) is 5.58. The summed E-state index contributed by atoms with van der Waals surface area (Å²) in [6, 6.07) is 12.6. The average molecular weight is 311 g/mol. The van der Waals surface area contributed by atoms with E-state index in [1.165, 1.54) is 19.7 Å². The van der Waals surface area contributed by atoms with Crippen molar-refractivity contribution in [2.24, 2.45) is 5.84 Å². The Morgan fingerprint density at radius 2 is 2.00 bits per heavy atom. The molecule has 1 atom stereocenters. The Morgan fingerprint density at radius 3 is 2.86 bits per heavy atom. The van der Waals surface area contributed by atoms with E-state index in [0.717, 1.165) is 10.9 Å². The number of nitrogens with two attached hydrogens (primary N) is 1. The monoisotopic (exact) mass is 311 g/mol. The molecule has 21 heavy (non-hydrogen) atoms. The molecule has 0 saturated carbocycles. The van der Waals surface area contributed by atoms with Crippen molar-refractivity contribution in [1.29, 1.82) is 0 Å². The van der Waals surface area contributed by atoms with Gasteiger partial charge >= 0.3 is 0 Å². The van der Waals surface area contributed by atoms with Crippen molar-refractivity contribution >= 4 is 42.8 Å². The molecular weight excluding hydrogens is 298 g/mol. The van der Waals surface area contributed by atoms with E-state index in [1.807, 2.05) is 24.5 Å². The van der Waals surface area contributed by atoms with Gasteiger partial charge < -0.3 is 0 Å². The van der Waals surface area contributed by atoms with Crippen LogP contribution >= 0.6 is 22.7 Å². The summed E-state index contributed by atoms with van der Waals surface area (Å²) in [6.07, 6.45) is 3.79. The van der Waals surface area contributed by atoms with Gasteiger partial charge in [-0.1, -0.05) is 24.3 Å². The number of benzene rings is 1. The van der Waals surface area contributed by atoms with Gasteiger partial charge in [-0.3, -0.25) is 10.8 Å². The van der Waals surface area contributed by atoms with Crippen LogP contribution in [0.4, 0.5) is 0 Å². The summed E-state index contributed by atoms with van der Waals surface area (Å²) >= 11 is 3.54. The normalized spacial score (nSPS) is 13.0. The maximum Gasteiger partial charge on any atom is 0.0824 e. The zero-order chi connectivity index (χ0) is 14.2. The van der Waals surface area contributed by atoms with E-state index >= 15 is 0 Å². The first-order valence-electron chi connectivity index (χ1n) is 6.62. The van der Waals surface area contributed by atoms with Crippen molar-refractivity contribution in [3.8, 4) is 0 Å². The van der Waals surface area contributed by atoms with E-state index in [-0.39, 0.29) is 6.04 Å². The number of nitrogens with zero attached hydrogens (tertiary/aromatic N) is 1. The zero-order valence-electron chi connectivity index (χ0n) is 11.1. The molecule has 104 valence electrons. The highest BCUT2D eigenvalue weighted by atomic mass is 32.1. The Hall–Kier alpha value is -1.79. The first kappa shape index (κ1) is 12.9. The number of hydrogen-bond donors (Lipinski definition) is 2. The smallest absolute Gasteiger partial charge is 0.0824 e. The first-order chi connectivity index (χ1) is 10.4. The van der Waals surface area contributed by atoms with Gasteiger partial charge in [0.2, 0.25) is 0 Å². The van der Waals surface area contributed by atoms with Crippen LogP contribution in [0.3, 0.4) is 0 Å². The van der Waals surface area contributed by atoms with E-state index in [1.54, 1.807) is 22.7 Å². The highest BCUT2D eigenvalue weighted by Crippen LogP contribution is 2.37. The van der Waals surface area contributed by atoms with Crippen LogP contribution in [-0.2, 0) is 0 Å². The van der Waals surface area contributed by atoms with Crippen LogP contribution in [0.15, 0.2) is 54.2 Å². The highest BCUT2D eigenvalue weighted by molar-refractivity contribution is 7.27. The second kappa shape index (κ2) is 5.20. The predicted octanol–water partition coefficient (Wildman–Crippen LogP) is 4.06. The lowest BCUT2D eigenvalue weighted by molar-refractivity contribution is 0.649. The quantitative estimate of drug-likeness (QED) is 0.443. The van der Waals surface area contributed by atoms with Crippen LogP contribution in [0, 0.1) is 0 Å². The molecule has 3 N–H and O–H groups in total. The van der Waals surface area contributed by atoms with Gasteiger partial charge in [-0.2, -0.15) is 0 Å². The number of fused-ring (bicyclic) bond motifs is 2. The fourth-order valence-corrected chi connectivity index (χ4v) is 4.82. The topological polar surface area (TPSA) is 50.9 Å². The Bertz CT molecular complexity index is 876. The summed E-state index contributed by atoms with van der Waals surface area (Å²) in [6.45, 7) is 0. The SMILES string of the molecule is NNC(c1cc2sccc2s1)c1cncc2ccccc12. The Morgan fingerprint density at radius 1 is 1.10 bits per heavy atom. The molecule has 0 saturated heterocycles. The van der Waals surface area contributed by atoms with Gasteiger partial charge in [-0.05, 0) is 22.9 Å². The predicted molar refractivity (Wildman–Crippen MR) is 90.6 cm³/mol. The van der Waals surface area contributed by atoms with Crippen molar-refractivity contribution in [3.63, 3.8) is 0 Å². The minimum Gasteiger partial charge on any atom is -0.271 e. The van der Waals surface area contributed by atoms with Crippen LogP contribution in [0.5, 0.6) is 0 Å². The van der Waals surface area contributed by atoms with Crippen molar-refractivity contribution in [3.05, 3.63) is 64.6 Å². The fraction of sp³-hybridized carbons (Fsp3) is 0.0625. The van der Waals surface area contributed by atoms with Crippen molar-refractivity contribution in [1.82, 2.24) is 10.4 Å². The van der Waals surface area contributed by atoms with E-state index < -0.39 is 0 Å². The maximum atomic E-state index is 5.85. The summed E-state index contributed by atoms with van der Waals surface area (Å²) in [5, 5.41) is 4.44. The Kier molecular flexibility index (Phi) is 3.20. The lowest BCUT2D eigenvalue weighted by Crippen LogP contribution is -2.28. The molecule has 0 aliphatic carbocycles. The van der Waals surface area contributed by atoms with Crippen LogP contribution in [-0.4, -0.2) is 4.98 Å². The molecule has 0 amide bonds. The molecule has 3 heterocycles. The van der Waals surface area contributed by atoms with Crippen molar-refractivity contribution < 1.29 is 0 Å². The number of hydrazine groups is 1. The molecule has 3 nitrogen and oxygen atoms in total. The lowest BCUT2D eigenvalue weighted by atomic mass is 10.0. The Labute approximate surface area is 130 Å². The van der Waals surface area contributed by atoms with E-state index in [9.17, 15) is 0 Å². The van der Waals surface area contributed by atoms with E-state index in [2.05, 4.69) is 40.1 Å². The third-order valence-electron chi connectivity index (χ3n) is 3.62. The van der Waals surface area contributed by atoms with Crippen LogP contribution in [0.25, 0.3) is 20.2 Å². The van der Waals surface area contributed by atoms with Gasteiger partial charge in [0.25, 0.3) is 0 Å². The molecule has 0 spiro atoms. The minimum atomic E-state index is -0.0341. The number of pyridine rings is 1. The number of aromatic nitrogens is 1. The third-order valence-corrected chi connectivity index (χ3v) is 5.78. The van der Waals surface area contributed by atoms with Crippen LogP contribution in [0.2, 0.25) is 0 Å². The first-order valence-corrected chi connectivity index (χ1v) is 8.32.